The third-order valence-electron chi connectivity index (χ3n) is 4.61. The second-order valence-corrected chi connectivity index (χ2v) is 7.50. The van der Waals surface area contributed by atoms with Gasteiger partial charge in [0.05, 0.1) is 10.7 Å². The highest BCUT2D eigenvalue weighted by Crippen LogP contribution is 2.37. The van der Waals surface area contributed by atoms with Crippen molar-refractivity contribution in [3.05, 3.63) is 54.3 Å². The molecule has 0 aliphatic rings. The first kappa shape index (κ1) is 19.3. The second kappa shape index (κ2) is 8.55. The van der Waals surface area contributed by atoms with Gasteiger partial charge in [-0.1, -0.05) is 11.6 Å². The molecule has 0 saturated heterocycles. The Hall–Kier alpha value is -3.03. The maximum absolute atomic E-state index is 6.20. The van der Waals surface area contributed by atoms with Crippen molar-refractivity contribution in [2.24, 2.45) is 0 Å². The van der Waals surface area contributed by atoms with E-state index in [1.165, 1.54) is 6.33 Å². The molecule has 0 aliphatic heterocycles. The fourth-order valence-corrected chi connectivity index (χ4v) is 3.41. The number of hydrogen-bond donors (Lipinski definition) is 2. The van der Waals surface area contributed by atoms with Gasteiger partial charge in [-0.3, -0.25) is 0 Å². The predicted molar refractivity (Wildman–Crippen MR) is 117 cm³/mol. The Labute approximate surface area is 174 Å². The molecule has 0 fully saturated rings. The van der Waals surface area contributed by atoms with Crippen LogP contribution in [0.1, 0.15) is 6.42 Å². The van der Waals surface area contributed by atoms with Crippen LogP contribution in [0.5, 0.6) is 0 Å². The van der Waals surface area contributed by atoms with Crippen molar-refractivity contribution in [1.82, 2.24) is 29.8 Å². The van der Waals surface area contributed by atoms with Gasteiger partial charge in [0.15, 0.2) is 0 Å². The van der Waals surface area contributed by atoms with Crippen molar-refractivity contribution in [1.29, 1.82) is 0 Å². The minimum atomic E-state index is 0.580. The third kappa shape index (κ3) is 4.36. The fourth-order valence-electron chi connectivity index (χ4n) is 3.25. The largest absolute Gasteiger partial charge is 0.370 e. The van der Waals surface area contributed by atoms with E-state index >= 15 is 0 Å². The Bertz CT molecular complexity index is 1090. The zero-order chi connectivity index (χ0) is 20.2. The van der Waals surface area contributed by atoms with E-state index < -0.39 is 0 Å². The van der Waals surface area contributed by atoms with Gasteiger partial charge in [-0.05, 0) is 45.3 Å². The molecule has 0 radical (unpaired) electrons. The van der Waals surface area contributed by atoms with Crippen LogP contribution in [0.15, 0.2) is 49.3 Å². The second-order valence-electron chi connectivity index (χ2n) is 7.07. The molecule has 0 saturated carbocycles. The zero-order valence-electron chi connectivity index (χ0n) is 16.4. The molecule has 4 aromatic heterocycles. The summed E-state index contributed by atoms with van der Waals surface area (Å²) in [5.74, 6) is 0.856. The van der Waals surface area contributed by atoms with Crippen molar-refractivity contribution in [3.8, 4) is 22.4 Å². The number of rotatable bonds is 7. The Kier molecular flexibility index (Phi) is 5.69. The van der Waals surface area contributed by atoms with Crippen molar-refractivity contribution in [2.45, 2.75) is 6.42 Å². The third-order valence-corrected chi connectivity index (χ3v) is 4.81. The van der Waals surface area contributed by atoms with Crippen molar-refractivity contribution in [3.63, 3.8) is 0 Å². The first-order valence-corrected chi connectivity index (χ1v) is 9.77. The number of fused-ring (bicyclic) bond motifs is 1. The van der Waals surface area contributed by atoms with Gasteiger partial charge in [-0.2, -0.15) is 0 Å². The molecule has 8 heteroatoms. The molecule has 148 valence electrons. The van der Waals surface area contributed by atoms with Gasteiger partial charge in [0.2, 0.25) is 0 Å². The smallest absolute Gasteiger partial charge is 0.138 e. The number of aromatic nitrogens is 5. The molecule has 0 amide bonds. The monoisotopic (exact) mass is 407 g/mol. The summed E-state index contributed by atoms with van der Waals surface area (Å²) in [7, 11) is 4.15. The van der Waals surface area contributed by atoms with Gasteiger partial charge in [0.1, 0.15) is 17.8 Å². The van der Waals surface area contributed by atoms with E-state index in [-0.39, 0.29) is 0 Å². The van der Waals surface area contributed by atoms with Crippen molar-refractivity contribution < 1.29 is 0 Å². The SMILES string of the molecule is CN(C)CCCNc1ccc(-c2[nH]c3ncc(Cl)cc3c2-c2cncnc2)cn1. The Morgan fingerprint density at radius 3 is 2.59 bits per heavy atom. The van der Waals surface area contributed by atoms with Crippen LogP contribution in [0.4, 0.5) is 5.82 Å². The average molecular weight is 408 g/mol. The molecule has 4 aromatic rings. The molecule has 0 aromatic carbocycles. The van der Waals surface area contributed by atoms with Crippen molar-refractivity contribution in [2.75, 3.05) is 32.5 Å². The summed E-state index contributed by atoms with van der Waals surface area (Å²) >= 11 is 6.20. The highest BCUT2D eigenvalue weighted by Gasteiger charge is 2.17. The van der Waals surface area contributed by atoms with Gasteiger partial charge in [-0.15, -0.1) is 0 Å². The minimum Gasteiger partial charge on any atom is -0.370 e. The molecule has 0 bridgehead atoms. The van der Waals surface area contributed by atoms with Crippen LogP contribution in [0.3, 0.4) is 0 Å². The number of H-pyrrole nitrogens is 1. The lowest BCUT2D eigenvalue weighted by Gasteiger charge is -2.10. The summed E-state index contributed by atoms with van der Waals surface area (Å²) in [4.78, 5) is 22.9. The van der Waals surface area contributed by atoms with E-state index in [4.69, 9.17) is 11.6 Å². The van der Waals surface area contributed by atoms with Gasteiger partial charge in [0.25, 0.3) is 0 Å². The molecule has 29 heavy (non-hydrogen) atoms. The fraction of sp³-hybridized carbons (Fsp3) is 0.238. The van der Waals surface area contributed by atoms with Crippen LogP contribution >= 0.6 is 11.6 Å². The van der Waals surface area contributed by atoms with Crippen LogP contribution in [0, 0.1) is 0 Å². The van der Waals surface area contributed by atoms with Crippen LogP contribution in [0.2, 0.25) is 5.02 Å². The number of nitrogens with zero attached hydrogens (tertiary/aromatic N) is 5. The first-order valence-electron chi connectivity index (χ1n) is 9.39. The lowest BCUT2D eigenvalue weighted by molar-refractivity contribution is 0.405. The zero-order valence-corrected chi connectivity index (χ0v) is 17.1. The number of aromatic amines is 1. The number of halogens is 1. The lowest BCUT2D eigenvalue weighted by Crippen LogP contribution is -2.16. The molecular formula is C21H22ClN7. The molecule has 7 nitrogen and oxygen atoms in total. The number of nitrogens with one attached hydrogen (secondary N) is 2. The summed E-state index contributed by atoms with van der Waals surface area (Å²) in [6.45, 7) is 1.92. The molecule has 0 aliphatic carbocycles. The maximum Gasteiger partial charge on any atom is 0.138 e. The minimum absolute atomic E-state index is 0.580. The lowest BCUT2D eigenvalue weighted by atomic mass is 10.0. The standard InChI is InChI=1S/C21H22ClN7/c1-29(2)7-3-6-25-18-5-4-14(11-26-18)20-19(15-9-23-13-24-10-15)17-8-16(22)12-27-21(17)28-20/h4-5,8-13H,3,6-7H2,1-2H3,(H,25,26)(H,27,28). The topological polar surface area (TPSA) is 82.6 Å². The molecule has 0 spiro atoms. The molecule has 4 rings (SSSR count). The van der Waals surface area contributed by atoms with Crippen LogP contribution in [-0.2, 0) is 0 Å². The van der Waals surface area contributed by atoms with Gasteiger partial charge < -0.3 is 15.2 Å². The van der Waals surface area contributed by atoms with Crippen molar-refractivity contribution >= 4 is 28.5 Å². The van der Waals surface area contributed by atoms with Crippen LogP contribution in [-0.4, -0.2) is 57.0 Å². The Balaban J connectivity index is 1.67. The normalized spacial score (nSPS) is 11.3. The summed E-state index contributed by atoms with van der Waals surface area (Å²) < 4.78 is 0. The summed E-state index contributed by atoms with van der Waals surface area (Å²) in [5, 5.41) is 4.87. The summed E-state index contributed by atoms with van der Waals surface area (Å²) in [5.41, 5.74) is 4.48. The highest BCUT2D eigenvalue weighted by molar-refractivity contribution is 6.31. The van der Waals surface area contributed by atoms with Gasteiger partial charge in [0, 0.05) is 53.4 Å². The number of pyridine rings is 2. The quantitative estimate of drug-likeness (QED) is 0.449. The van der Waals surface area contributed by atoms with E-state index in [0.717, 1.165) is 58.7 Å². The van der Waals surface area contributed by atoms with E-state index in [1.54, 1.807) is 18.6 Å². The summed E-state index contributed by atoms with van der Waals surface area (Å²) in [6.07, 6.45) is 9.63. The van der Waals surface area contributed by atoms with Gasteiger partial charge in [-0.25, -0.2) is 19.9 Å². The highest BCUT2D eigenvalue weighted by atomic mass is 35.5. The Morgan fingerprint density at radius 2 is 1.86 bits per heavy atom. The number of hydrogen-bond acceptors (Lipinski definition) is 6. The van der Waals surface area contributed by atoms with Crippen LogP contribution < -0.4 is 5.32 Å². The molecular weight excluding hydrogens is 386 g/mol. The van der Waals surface area contributed by atoms with Gasteiger partial charge >= 0.3 is 0 Å². The molecule has 2 N–H and O–H groups in total. The summed E-state index contributed by atoms with van der Waals surface area (Å²) in [6, 6.07) is 5.93. The number of anilines is 1. The first-order chi connectivity index (χ1) is 14.1. The van der Waals surface area contributed by atoms with E-state index in [1.807, 2.05) is 24.4 Å². The Morgan fingerprint density at radius 1 is 1.03 bits per heavy atom. The van der Waals surface area contributed by atoms with E-state index in [2.05, 4.69) is 49.2 Å². The van der Waals surface area contributed by atoms with Crippen LogP contribution in [0.25, 0.3) is 33.4 Å². The predicted octanol–water partition coefficient (Wildman–Crippen LogP) is 4.10. The molecule has 4 heterocycles. The maximum atomic E-state index is 6.20. The van der Waals surface area contributed by atoms with E-state index in [9.17, 15) is 0 Å². The van der Waals surface area contributed by atoms with E-state index in [0.29, 0.717) is 5.02 Å². The average Bonchev–Trinajstić information content (AvgIpc) is 3.10. The molecule has 0 atom stereocenters. The molecule has 0 unspecified atom stereocenters.